The van der Waals surface area contributed by atoms with Gasteiger partial charge in [-0.2, -0.15) is 0 Å². The van der Waals surface area contributed by atoms with Crippen molar-refractivity contribution in [3.05, 3.63) is 47.5 Å². The van der Waals surface area contributed by atoms with Crippen molar-refractivity contribution >= 4 is 11.8 Å². The Morgan fingerprint density at radius 3 is 2.56 bits per heavy atom. The van der Waals surface area contributed by atoms with Crippen LogP contribution >= 0.6 is 0 Å². The molecule has 1 aromatic carbocycles. The number of esters is 1. The lowest BCUT2D eigenvalue weighted by atomic mass is 9.47. The molecule has 0 aromatic heterocycles. The second kappa shape index (κ2) is 8.13. The van der Waals surface area contributed by atoms with Crippen molar-refractivity contribution < 1.29 is 19.4 Å². The number of rotatable bonds is 4. The summed E-state index contributed by atoms with van der Waals surface area (Å²) >= 11 is 0. The molecule has 5 rings (SSSR count). The quantitative estimate of drug-likeness (QED) is 0.531. The van der Waals surface area contributed by atoms with Gasteiger partial charge in [0.25, 0.3) is 0 Å². The van der Waals surface area contributed by atoms with Gasteiger partial charge in [0.1, 0.15) is 11.9 Å². The van der Waals surface area contributed by atoms with Gasteiger partial charge in [-0.15, -0.1) is 0 Å². The van der Waals surface area contributed by atoms with Crippen LogP contribution in [-0.2, 0) is 20.7 Å². The summed E-state index contributed by atoms with van der Waals surface area (Å²) in [6.45, 7) is 4.51. The van der Waals surface area contributed by atoms with Crippen LogP contribution in [0.1, 0.15) is 70.8 Å². The third-order valence-electron chi connectivity index (χ3n) is 9.52. The molecule has 32 heavy (non-hydrogen) atoms. The van der Waals surface area contributed by atoms with Crippen LogP contribution in [0, 0.1) is 28.6 Å². The van der Waals surface area contributed by atoms with Crippen LogP contribution in [0.3, 0.4) is 0 Å². The topological polar surface area (TPSA) is 63.6 Å². The third-order valence-corrected chi connectivity index (χ3v) is 9.52. The smallest absolute Gasteiger partial charge is 0.306 e. The van der Waals surface area contributed by atoms with Gasteiger partial charge in [-0.25, -0.2) is 0 Å². The lowest BCUT2D eigenvalue weighted by molar-refractivity contribution is -0.160. The van der Waals surface area contributed by atoms with Gasteiger partial charge in [0.2, 0.25) is 0 Å². The van der Waals surface area contributed by atoms with Gasteiger partial charge in [-0.05, 0) is 73.8 Å². The number of Topliss-reactive ketones (excluding diaryl/α,β-unsaturated/α-hetero) is 1. The van der Waals surface area contributed by atoms with Crippen molar-refractivity contribution in [2.45, 2.75) is 83.8 Å². The van der Waals surface area contributed by atoms with E-state index in [0.29, 0.717) is 37.4 Å². The van der Waals surface area contributed by atoms with Gasteiger partial charge in [0.05, 0.1) is 6.10 Å². The summed E-state index contributed by atoms with van der Waals surface area (Å²) in [6.07, 6.45) is 8.64. The molecule has 0 bridgehead atoms. The molecule has 4 nitrogen and oxygen atoms in total. The van der Waals surface area contributed by atoms with E-state index in [1.54, 1.807) is 0 Å². The Labute approximate surface area is 191 Å². The van der Waals surface area contributed by atoms with Crippen LogP contribution in [-0.4, -0.2) is 29.1 Å². The molecule has 7 atom stereocenters. The number of aliphatic hydroxyl groups excluding tert-OH is 1. The fourth-order valence-electron chi connectivity index (χ4n) is 7.59. The summed E-state index contributed by atoms with van der Waals surface area (Å²) in [4.78, 5) is 25.8. The third kappa shape index (κ3) is 3.55. The Kier molecular flexibility index (Phi) is 5.56. The number of benzene rings is 1. The molecule has 0 amide bonds. The van der Waals surface area contributed by atoms with Crippen molar-refractivity contribution in [3.63, 3.8) is 0 Å². The van der Waals surface area contributed by atoms with E-state index in [0.717, 1.165) is 37.7 Å². The maximum Gasteiger partial charge on any atom is 0.306 e. The van der Waals surface area contributed by atoms with Crippen molar-refractivity contribution in [1.29, 1.82) is 0 Å². The SMILES string of the molecule is C[C@]12CC[C@H](O)CC1=C[C@H](OC(=O)CCc1ccccc1)C1C2CC[C@]2(C)C(=O)CCC12. The van der Waals surface area contributed by atoms with Gasteiger partial charge in [0, 0.05) is 24.2 Å². The first-order valence-electron chi connectivity index (χ1n) is 12.5. The van der Waals surface area contributed by atoms with Crippen molar-refractivity contribution in [1.82, 2.24) is 0 Å². The van der Waals surface area contributed by atoms with Gasteiger partial charge in [-0.3, -0.25) is 9.59 Å². The summed E-state index contributed by atoms with van der Waals surface area (Å²) in [7, 11) is 0. The summed E-state index contributed by atoms with van der Waals surface area (Å²) < 4.78 is 6.19. The molecule has 0 saturated heterocycles. The zero-order valence-corrected chi connectivity index (χ0v) is 19.4. The normalized spacial score (nSPS) is 40.7. The van der Waals surface area contributed by atoms with Crippen LogP contribution in [0.2, 0.25) is 0 Å². The second-order valence-corrected chi connectivity index (χ2v) is 11.2. The average Bonchev–Trinajstić information content (AvgIpc) is 3.09. The number of hydrogen-bond acceptors (Lipinski definition) is 4. The predicted octanol–water partition coefficient (Wildman–Crippen LogP) is 5.03. The number of carbonyl (C=O) groups is 2. The van der Waals surface area contributed by atoms with E-state index in [4.69, 9.17) is 4.74 Å². The van der Waals surface area contributed by atoms with E-state index in [1.807, 2.05) is 30.3 Å². The van der Waals surface area contributed by atoms with E-state index >= 15 is 0 Å². The van der Waals surface area contributed by atoms with E-state index in [2.05, 4.69) is 19.9 Å². The number of fused-ring (bicyclic) bond motifs is 5. The Bertz CT molecular complexity index is 921. The minimum absolute atomic E-state index is 0.0454. The minimum atomic E-state index is -0.303. The molecule has 0 aliphatic heterocycles. The number of aryl methyl sites for hydroxylation is 1. The summed E-state index contributed by atoms with van der Waals surface area (Å²) in [5, 5.41) is 10.4. The zero-order valence-electron chi connectivity index (χ0n) is 19.4. The highest BCUT2D eigenvalue weighted by atomic mass is 16.5. The number of aliphatic hydroxyl groups is 1. The molecule has 4 aliphatic rings. The maximum atomic E-state index is 12.9. The number of carbonyl (C=O) groups excluding carboxylic acids is 2. The first kappa shape index (κ1) is 21.9. The highest BCUT2D eigenvalue weighted by molar-refractivity contribution is 5.87. The van der Waals surface area contributed by atoms with E-state index in [-0.39, 0.29) is 40.8 Å². The molecule has 1 aromatic rings. The zero-order chi connectivity index (χ0) is 22.5. The van der Waals surface area contributed by atoms with Crippen LogP contribution in [0.15, 0.2) is 42.0 Å². The van der Waals surface area contributed by atoms with Crippen molar-refractivity contribution in [3.8, 4) is 0 Å². The average molecular weight is 437 g/mol. The summed E-state index contributed by atoms with van der Waals surface area (Å²) in [5.74, 6) is 1.12. The molecule has 172 valence electrons. The highest BCUT2D eigenvalue weighted by Gasteiger charge is 2.61. The van der Waals surface area contributed by atoms with Crippen LogP contribution in [0.5, 0.6) is 0 Å². The lowest BCUT2D eigenvalue weighted by Gasteiger charge is -2.58. The van der Waals surface area contributed by atoms with E-state index in [9.17, 15) is 14.7 Å². The molecular formula is C28H36O4. The Morgan fingerprint density at radius 2 is 1.78 bits per heavy atom. The van der Waals surface area contributed by atoms with Gasteiger partial charge in [-0.1, -0.05) is 49.8 Å². The molecule has 0 heterocycles. The molecule has 0 spiro atoms. The lowest BCUT2D eigenvalue weighted by Crippen LogP contribution is -2.55. The molecule has 3 saturated carbocycles. The fourth-order valence-corrected chi connectivity index (χ4v) is 7.59. The fraction of sp³-hybridized carbons (Fsp3) is 0.643. The van der Waals surface area contributed by atoms with Crippen LogP contribution < -0.4 is 0 Å². The summed E-state index contributed by atoms with van der Waals surface area (Å²) in [5.41, 5.74) is 2.18. The Hall–Kier alpha value is -1.94. The Balaban J connectivity index is 1.42. The monoisotopic (exact) mass is 436 g/mol. The molecule has 4 heteroatoms. The summed E-state index contributed by atoms with van der Waals surface area (Å²) in [6, 6.07) is 10.0. The largest absolute Gasteiger partial charge is 0.458 e. The molecule has 3 fully saturated rings. The molecule has 0 radical (unpaired) electrons. The molecule has 4 aliphatic carbocycles. The van der Waals surface area contributed by atoms with Crippen LogP contribution in [0.25, 0.3) is 0 Å². The molecule has 1 N–H and O–H groups in total. The minimum Gasteiger partial charge on any atom is -0.458 e. The molecule has 3 unspecified atom stereocenters. The van der Waals surface area contributed by atoms with Gasteiger partial charge >= 0.3 is 5.97 Å². The van der Waals surface area contributed by atoms with E-state index in [1.165, 1.54) is 5.57 Å². The number of ether oxygens (including phenoxy) is 1. The van der Waals surface area contributed by atoms with Gasteiger partial charge < -0.3 is 9.84 Å². The van der Waals surface area contributed by atoms with Gasteiger partial charge in [0.15, 0.2) is 0 Å². The van der Waals surface area contributed by atoms with Crippen molar-refractivity contribution in [2.75, 3.05) is 0 Å². The first-order chi connectivity index (χ1) is 15.3. The highest BCUT2D eigenvalue weighted by Crippen LogP contribution is 2.64. The van der Waals surface area contributed by atoms with Crippen LogP contribution in [0.4, 0.5) is 0 Å². The second-order valence-electron chi connectivity index (χ2n) is 11.2. The predicted molar refractivity (Wildman–Crippen MR) is 123 cm³/mol. The Morgan fingerprint density at radius 1 is 1.06 bits per heavy atom. The maximum absolute atomic E-state index is 12.9. The van der Waals surface area contributed by atoms with Crippen molar-refractivity contribution in [2.24, 2.45) is 28.6 Å². The number of hydrogen-bond donors (Lipinski definition) is 1. The molecular weight excluding hydrogens is 400 g/mol. The standard InChI is InChI=1S/C28H36O4/c1-27-14-12-20(29)16-19(27)17-23(32-25(31)11-8-18-6-4-3-5-7-18)26-21-9-10-24(30)28(21,2)15-13-22(26)27/h3-7,17,20-23,26,29H,8-16H2,1-2H3/t20-,21?,22?,23-,26?,27-,28-/m0/s1. The first-order valence-corrected chi connectivity index (χ1v) is 12.5. The number of ketones is 1. The van der Waals surface area contributed by atoms with E-state index < -0.39 is 0 Å².